The highest BCUT2D eigenvalue weighted by atomic mass is 32.1. The summed E-state index contributed by atoms with van der Waals surface area (Å²) in [6, 6.07) is 5.99. The van der Waals surface area contributed by atoms with Crippen LogP contribution in [0.3, 0.4) is 0 Å². The summed E-state index contributed by atoms with van der Waals surface area (Å²) in [4.78, 5) is 23.6. The Kier molecular flexibility index (Phi) is 4.99. The Hall–Kier alpha value is -2.25. The van der Waals surface area contributed by atoms with Gasteiger partial charge in [-0.25, -0.2) is 9.97 Å². The number of likely N-dealkylation sites (tertiary alicyclic amines) is 1. The Morgan fingerprint density at radius 1 is 1.19 bits per heavy atom. The van der Waals surface area contributed by atoms with Gasteiger partial charge in [0.15, 0.2) is 5.78 Å². The minimum absolute atomic E-state index is 0.183. The number of nitrogens with zero attached hydrogens (tertiary/aromatic N) is 5. The fourth-order valence-corrected chi connectivity index (χ4v) is 3.98. The van der Waals surface area contributed by atoms with E-state index >= 15 is 0 Å². The molecular formula is C19H21N5OS. The van der Waals surface area contributed by atoms with Crippen molar-refractivity contribution in [3.8, 4) is 10.6 Å². The van der Waals surface area contributed by atoms with Gasteiger partial charge in [0.1, 0.15) is 15.8 Å². The summed E-state index contributed by atoms with van der Waals surface area (Å²) in [5.74, 6) is 0.771. The number of ketones is 1. The number of hydrogen-bond acceptors (Lipinski definition) is 7. The van der Waals surface area contributed by atoms with Gasteiger partial charge in [-0.15, -0.1) is 10.2 Å². The molecule has 26 heavy (non-hydrogen) atoms. The van der Waals surface area contributed by atoms with Crippen LogP contribution in [-0.2, 0) is 11.2 Å². The predicted molar refractivity (Wildman–Crippen MR) is 102 cm³/mol. The molecule has 1 aliphatic heterocycles. The molecule has 3 aromatic rings. The van der Waals surface area contributed by atoms with Crippen molar-refractivity contribution in [3.63, 3.8) is 0 Å². The Bertz CT molecular complexity index is 933. The molecular weight excluding hydrogens is 346 g/mol. The predicted octanol–water partition coefficient (Wildman–Crippen LogP) is 3.05. The summed E-state index contributed by atoms with van der Waals surface area (Å²) in [5, 5.41) is 11.0. The number of rotatable bonds is 5. The van der Waals surface area contributed by atoms with Crippen molar-refractivity contribution in [1.82, 2.24) is 25.1 Å². The van der Waals surface area contributed by atoms with Crippen LogP contribution in [0.1, 0.15) is 30.1 Å². The van der Waals surface area contributed by atoms with Gasteiger partial charge in [-0.05, 0) is 38.9 Å². The molecule has 7 heteroatoms. The highest BCUT2D eigenvalue weighted by molar-refractivity contribution is 7.14. The van der Waals surface area contributed by atoms with Crippen molar-refractivity contribution in [2.75, 3.05) is 19.6 Å². The number of piperidine rings is 1. The molecule has 1 fully saturated rings. The number of benzene rings is 1. The molecule has 134 valence electrons. The maximum atomic E-state index is 12.4. The molecule has 6 nitrogen and oxygen atoms in total. The molecule has 2 aromatic heterocycles. The molecule has 0 bridgehead atoms. The fraction of sp³-hybridized carbons (Fsp3) is 0.421. The normalized spacial score (nSPS) is 15.4. The van der Waals surface area contributed by atoms with E-state index in [0.29, 0.717) is 12.4 Å². The second kappa shape index (κ2) is 7.55. The van der Waals surface area contributed by atoms with Crippen molar-refractivity contribution in [2.45, 2.75) is 32.6 Å². The van der Waals surface area contributed by atoms with Crippen molar-refractivity contribution in [1.29, 1.82) is 0 Å². The lowest BCUT2D eigenvalue weighted by molar-refractivity contribution is -0.119. The van der Waals surface area contributed by atoms with Crippen molar-refractivity contribution < 1.29 is 4.79 Å². The third-order valence-corrected chi connectivity index (χ3v) is 5.50. The van der Waals surface area contributed by atoms with E-state index in [0.717, 1.165) is 39.6 Å². The van der Waals surface area contributed by atoms with Gasteiger partial charge in [0.2, 0.25) is 0 Å². The molecule has 0 aliphatic carbocycles. The summed E-state index contributed by atoms with van der Waals surface area (Å²) >= 11 is 1.56. The van der Waals surface area contributed by atoms with Gasteiger partial charge in [0, 0.05) is 17.1 Å². The molecule has 0 atom stereocenters. The van der Waals surface area contributed by atoms with Crippen LogP contribution in [0.25, 0.3) is 21.5 Å². The third-order valence-electron chi connectivity index (χ3n) is 4.61. The van der Waals surface area contributed by atoms with E-state index in [-0.39, 0.29) is 12.2 Å². The van der Waals surface area contributed by atoms with Gasteiger partial charge in [0.25, 0.3) is 0 Å². The molecule has 0 spiro atoms. The Morgan fingerprint density at radius 3 is 2.81 bits per heavy atom. The van der Waals surface area contributed by atoms with Gasteiger partial charge in [-0.2, -0.15) is 0 Å². The topological polar surface area (TPSA) is 71.9 Å². The molecule has 1 saturated heterocycles. The van der Waals surface area contributed by atoms with Gasteiger partial charge in [-0.1, -0.05) is 29.9 Å². The smallest absolute Gasteiger partial charge is 0.154 e. The zero-order valence-electron chi connectivity index (χ0n) is 14.8. The molecule has 0 radical (unpaired) electrons. The van der Waals surface area contributed by atoms with E-state index in [9.17, 15) is 4.79 Å². The summed E-state index contributed by atoms with van der Waals surface area (Å²) in [6.45, 7) is 4.49. The van der Waals surface area contributed by atoms with Crippen LogP contribution in [0.15, 0.2) is 24.4 Å². The Labute approximate surface area is 156 Å². The van der Waals surface area contributed by atoms with Crippen molar-refractivity contribution in [2.24, 2.45) is 0 Å². The van der Waals surface area contributed by atoms with Gasteiger partial charge < -0.3 is 0 Å². The summed E-state index contributed by atoms with van der Waals surface area (Å²) in [6.07, 6.45) is 5.73. The van der Waals surface area contributed by atoms with Gasteiger partial charge in [-0.3, -0.25) is 9.69 Å². The Morgan fingerprint density at radius 2 is 2.04 bits per heavy atom. The summed E-state index contributed by atoms with van der Waals surface area (Å²) in [5.41, 5.74) is 1.83. The average molecular weight is 367 g/mol. The first-order chi connectivity index (χ1) is 12.7. The number of aryl methyl sites for hydroxylation is 1. The molecule has 0 saturated carbocycles. The first kappa shape index (κ1) is 17.2. The van der Waals surface area contributed by atoms with E-state index < -0.39 is 0 Å². The van der Waals surface area contributed by atoms with Crippen molar-refractivity contribution in [3.05, 3.63) is 35.2 Å². The molecule has 1 aromatic carbocycles. The maximum absolute atomic E-state index is 12.4. The number of Topliss-reactive ketones (excluding diaryl/α,β-unsaturated/α-hetero) is 1. The average Bonchev–Trinajstić information content (AvgIpc) is 3.08. The second-order valence-electron chi connectivity index (χ2n) is 6.74. The molecule has 3 heterocycles. The number of carbonyl (C=O) groups is 1. The largest absolute Gasteiger partial charge is 0.298 e. The minimum Gasteiger partial charge on any atom is -0.298 e. The zero-order valence-corrected chi connectivity index (χ0v) is 15.6. The summed E-state index contributed by atoms with van der Waals surface area (Å²) < 4.78 is 0. The summed E-state index contributed by atoms with van der Waals surface area (Å²) in [7, 11) is 0. The Balaban J connectivity index is 1.51. The number of fused-ring (bicyclic) bond motifs is 1. The number of aromatic nitrogens is 4. The lowest BCUT2D eigenvalue weighted by Crippen LogP contribution is -2.35. The molecule has 0 amide bonds. The van der Waals surface area contributed by atoms with Crippen LogP contribution < -0.4 is 0 Å². The fourth-order valence-electron chi connectivity index (χ4n) is 3.29. The van der Waals surface area contributed by atoms with Crippen LogP contribution in [0.5, 0.6) is 0 Å². The highest BCUT2D eigenvalue weighted by Gasteiger charge is 2.15. The van der Waals surface area contributed by atoms with E-state index in [4.69, 9.17) is 0 Å². The molecule has 0 N–H and O–H groups in total. The molecule has 0 unspecified atom stereocenters. The van der Waals surface area contributed by atoms with Crippen molar-refractivity contribution >= 4 is 28.0 Å². The molecule has 1 aliphatic rings. The number of carbonyl (C=O) groups excluding carboxylic acids is 1. The minimum atomic E-state index is 0.183. The van der Waals surface area contributed by atoms with Gasteiger partial charge >= 0.3 is 0 Å². The van der Waals surface area contributed by atoms with E-state index in [1.807, 2.05) is 25.1 Å². The van der Waals surface area contributed by atoms with Crippen LogP contribution in [0, 0.1) is 6.92 Å². The quantitative estimate of drug-likeness (QED) is 0.690. The zero-order chi connectivity index (χ0) is 17.9. The van der Waals surface area contributed by atoms with Gasteiger partial charge in [0.05, 0.1) is 18.5 Å². The van der Waals surface area contributed by atoms with Crippen LogP contribution in [0.2, 0.25) is 0 Å². The monoisotopic (exact) mass is 367 g/mol. The standard InChI is InChI=1S/C19H21N5OS/c1-13-22-23-19(26-13)14-5-6-15-11-20-18(21-17(15)9-14)10-16(25)12-24-7-3-2-4-8-24/h5-6,9,11H,2-4,7-8,10,12H2,1H3. The SMILES string of the molecule is Cc1nnc(-c2ccc3cnc(CC(=O)CN4CCCCC4)nc3c2)s1. The molecule has 4 rings (SSSR count). The van der Waals surface area contributed by atoms with E-state index in [1.165, 1.54) is 19.3 Å². The second-order valence-corrected chi connectivity index (χ2v) is 7.92. The lowest BCUT2D eigenvalue weighted by Gasteiger charge is -2.25. The third kappa shape index (κ3) is 3.94. The van der Waals surface area contributed by atoms with Crippen LogP contribution >= 0.6 is 11.3 Å². The lowest BCUT2D eigenvalue weighted by atomic mass is 10.1. The van der Waals surface area contributed by atoms with Crippen LogP contribution in [0.4, 0.5) is 0 Å². The first-order valence-electron chi connectivity index (χ1n) is 8.97. The number of hydrogen-bond donors (Lipinski definition) is 0. The highest BCUT2D eigenvalue weighted by Crippen LogP contribution is 2.25. The van der Waals surface area contributed by atoms with Crippen LogP contribution in [-0.4, -0.2) is 50.5 Å². The van der Waals surface area contributed by atoms with E-state index in [2.05, 4.69) is 25.1 Å². The van der Waals surface area contributed by atoms with E-state index in [1.54, 1.807) is 17.5 Å². The first-order valence-corrected chi connectivity index (χ1v) is 9.79. The maximum Gasteiger partial charge on any atom is 0.154 e.